The number of aromatic nitrogens is 4. The average molecular weight is 317 g/mol. The van der Waals surface area contributed by atoms with E-state index in [0.717, 1.165) is 5.56 Å². The molecular weight excluding hydrogens is 302 g/mol. The molecule has 0 aliphatic rings. The van der Waals surface area contributed by atoms with Crippen molar-refractivity contribution in [3.63, 3.8) is 0 Å². The van der Waals surface area contributed by atoms with E-state index in [9.17, 15) is 5.11 Å². The summed E-state index contributed by atoms with van der Waals surface area (Å²) >= 11 is 1.33. The van der Waals surface area contributed by atoms with Gasteiger partial charge >= 0.3 is 0 Å². The van der Waals surface area contributed by atoms with Gasteiger partial charge in [-0.15, -0.1) is 0 Å². The second-order valence-electron chi connectivity index (χ2n) is 4.60. The van der Waals surface area contributed by atoms with Crippen LogP contribution < -0.4 is 5.73 Å². The van der Waals surface area contributed by atoms with Crippen molar-refractivity contribution in [3.8, 4) is 6.01 Å². The van der Waals surface area contributed by atoms with Crippen LogP contribution in [0.3, 0.4) is 0 Å². The fraction of sp³-hybridized carbons (Fsp3) is 0.214. The van der Waals surface area contributed by atoms with Crippen LogP contribution in [0.1, 0.15) is 5.56 Å². The van der Waals surface area contributed by atoms with Gasteiger partial charge in [0.1, 0.15) is 0 Å². The number of hydrogen-bond acceptors (Lipinski definition) is 7. The molecule has 7 nitrogen and oxygen atoms in total. The van der Waals surface area contributed by atoms with Gasteiger partial charge in [0.05, 0.1) is 12.5 Å². The monoisotopic (exact) mass is 317 g/mol. The molecule has 0 spiro atoms. The lowest BCUT2D eigenvalue weighted by Gasteiger charge is -2.06. The fourth-order valence-corrected chi connectivity index (χ4v) is 2.61. The van der Waals surface area contributed by atoms with Crippen LogP contribution in [0, 0.1) is 0 Å². The summed E-state index contributed by atoms with van der Waals surface area (Å²) in [7, 11) is 1.60. The maximum absolute atomic E-state index is 10.1. The Kier molecular flexibility index (Phi) is 4.12. The summed E-state index contributed by atoms with van der Waals surface area (Å²) in [6.07, 6.45) is 0. The summed E-state index contributed by atoms with van der Waals surface area (Å²) in [6.45, 7) is 0.452. The van der Waals surface area contributed by atoms with Gasteiger partial charge in [-0.25, -0.2) is 9.97 Å². The normalized spacial score (nSPS) is 11.1. The van der Waals surface area contributed by atoms with Crippen molar-refractivity contribution in [1.82, 2.24) is 19.5 Å². The molecule has 0 aliphatic heterocycles. The number of hydrogen-bond donors (Lipinski definition) is 2. The molecule has 0 saturated carbocycles. The number of imidazole rings is 1. The summed E-state index contributed by atoms with van der Waals surface area (Å²) in [5, 5.41) is 10.6. The SMILES string of the molecule is COCSc1nc(N)c2nc(O)n(Cc3ccccc3)c2n1. The van der Waals surface area contributed by atoms with Gasteiger partial charge in [-0.05, 0) is 5.56 Å². The number of aromatic hydroxyl groups is 1. The molecule has 0 radical (unpaired) electrons. The van der Waals surface area contributed by atoms with Crippen molar-refractivity contribution in [2.75, 3.05) is 18.8 Å². The number of benzene rings is 1. The molecule has 0 atom stereocenters. The summed E-state index contributed by atoms with van der Waals surface area (Å²) in [5.41, 5.74) is 7.85. The smallest absolute Gasteiger partial charge is 0.296 e. The van der Waals surface area contributed by atoms with E-state index in [0.29, 0.717) is 28.8 Å². The Labute approximate surface area is 131 Å². The van der Waals surface area contributed by atoms with Gasteiger partial charge in [0.25, 0.3) is 6.01 Å². The maximum atomic E-state index is 10.1. The van der Waals surface area contributed by atoms with Crippen LogP contribution in [0.15, 0.2) is 35.5 Å². The molecule has 2 heterocycles. The molecule has 0 unspecified atom stereocenters. The van der Waals surface area contributed by atoms with E-state index < -0.39 is 0 Å². The number of methoxy groups -OCH3 is 1. The predicted molar refractivity (Wildman–Crippen MR) is 84.7 cm³/mol. The van der Waals surface area contributed by atoms with E-state index in [1.165, 1.54) is 11.8 Å². The van der Waals surface area contributed by atoms with Crippen molar-refractivity contribution >= 4 is 28.7 Å². The number of nitrogen functional groups attached to an aromatic ring is 1. The van der Waals surface area contributed by atoms with E-state index >= 15 is 0 Å². The van der Waals surface area contributed by atoms with Crippen LogP contribution in [0.2, 0.25) is 0 Å². The number of rotatable bonds is 5. The second kappa shape index (κ2) is 6.20. The minimum absolute atomic E-state index is 0.131. The number of nitrogens with two attached hydrogens (primary N) is 1. The van der Waals surface area contributed by atoms with Crippen LogP contribution in [-0.4, -0.2) is 37.7 Å². The summed E-state index contributed by atoms with van der Waals surface area (Å²) in [4.78, 5) is 12.6. The molecule has 22 heavy (non-hydrogen) atoms. The van der Waals surface area contributed by atoms with E-state index in [1.54, 1.807) is 11.7 Å². The lowest BCUT2D eigenvalue weighted by molar-refractivity contribution is 0.258. The number of ether oxygens (including phenoxy) is 1. The molecule has 0 aliphatic carbocycles. The standard InChI is InChI=1S/C14H15N5O2S/c1-21-8-22-13-17-11(15)10-12(18-13)19(14(20)16-10)7-9-5-3-2-4-6-9/h2-6H,7-8H2,1H3,(H,16,20)(H2,15,17,18). The van der Waals surface area contributed by atoms with Crippen molar-refractivity contribution in [3.05, 3.63) is 35.9 Å². The van der Waals surface area contributed by atoms with Gasteiger partial charge in [-0.3, -0.25) is 4.57 Å². The molecule has 0 bridgehead atoms. The molecular formula is C14H15N5O2S. The van der Waals surface area contributed by atoms with Gasteiger partial charge in [0.15, 0.2) is 22.1 Å². The van der Waals surface area contributed by atoms with Crippen LogP contribution in [0.25, 0.3) is 11.2 Å². The maximum Gasteiger partial charge on any atom is 0.296 e. The third-order valence-electron chi connectivity index (χ3n) is 3.07. The highest BCUT2D eigenvalue weighted by atomic mass is 32.2. The number of thioether (sulfide) groups is 1. The highest BCUT2D eigenvalue weighted by Crippen LogP contribution is 2.26. The molecule has 3 N–H and O–H groups in total. The van der Waals surface area contributed by atoms with Crippen molar-refractivity contribution in [2.24, 2.45) is 0 Å². The minimum Gasteiger partial charge on any atom is -0.480 e. The zero-order valence-corrected chi connectivity index (χ0v) is 12.7. The summed E-state index contributed by atoms with van der Waals surface area (Å²) in [6, 6.07) is 9.62. The van der Waals surface area contributed by atoms with E-state index in [1.807, 2.05) is 30.3 Å². The lowest BCUT2D eigenvalue weighted by Crippen LogP contribution is -2.03. The molecule has 3 rings (SSSR count). The first kappa shape index (κ1) is 14.6. The highest BCUT2D eigenvalue weighted by molar-refractivity contribution is 7.99. The Hall–Kier alpha value is -2.32. The number of fused-ring (bicyclic) bond motifs is 1. The number of nitrogens with zero attached hydrogens (tertiary/aromatic N) is 4. The fourth-order valence-electron chi connectivity index (χ4n) is 2.08. The van der Waals surface area contributed by atoms with Crippen molar-refractivity contribution in [2.45, 2.75) is 11.7 Å². The first-order valence-electron chi connectivity index (χ1n) is 6.57. The van der Waals surface area contributed by atoms with Crippen LogP contribution in [0.4, 0.5) is 5.82 Å². The van der Waals surface area contributed by atoms with Gasteiger partial charge in [0, 0.05) is 7.11 Å². The topological polar surface area (TPSA) is 99.1 Å². The predicted octanol–water partition coefficient (Wildman–Crippen LogP) is 1.86. The third-order valence-corrected chi connectivity index (χ3v) is 3.86. The van der Waals surface area contributed by atoms with E-state index in [4.69, 9.17) is 10.5 Å². The Morgan fingerprint density at radius 3 is 2.73 bits per heavy atom. The quantitative estimate of drug-likeness (QED) is 0.421. The van der Waals surface area contributed by atoms with E-state index in [2.05, 4.69) is 15.0 Å². The lowest BCUT2D eigenvalue weighted by atomic mass is 10.2. The third kappa shape index (κ3) is 2.83. The van der Waals surface area contributed by atoms with Crippen molar-refractivity contribution < 1.29 is 9.84 Å². The van der Waals surface area contributed by atoms with E-state index in [-0.39, 0.29) is 11.8 Å². The molecule has 0 fully saturated rings. The number of anilines is 1. The Balaban J connectivity index is 2.05. The summed E-state index contributed by atoms with van der Waals surface area (Å²) in [5.74, 6) is 0.662. The van der Waals surface area contributed by atoms with Crippen molar-refractivity contribution in [1.29, 1.82) is 0 Å². The molecule has 0 amide bonds. The summed E-state index contributed by atoms with van der Waals surface area (Å²) < 4.78 is 6.61. The second-order valence-corrected chi connectivity index (χ2v) is 5.49. The molecule has 2 aromatic heterocycles. The highest BCUT2D eigenvalue weighted by Gasteiger charge is 2.16. The largest absolute Gasteiger partial charge is 0.480 e. The molecule has 1 aromatic carbocycles. The molecule has 8 heteroatoms. The Morgan fingerprint density at radius 1 is 1.23 bits per heavy atom. The molecule has 3 aromatic rings. The minimum atomic E-state index is -0.131. The molecule has 0 saturated heterocycles. The molecule has 114 valence electrons. The van der Waals surface area contributed by atoms with Crippen LogP contribution in [-0.2, 0) is 11.3 Å². The van der Waals surface area contributed by atoms with Gasteiger partial charge in [0.2, 0.25) is 0 Å². The average Bonchev–Trinajstić information content (AvgIpc) is 2.83. The van der Waals surface area contributed by atoms with Gasteiger partial charge < -0.3 is 15.6 Å². The van der Waals surface area contributed by atoms with Crippen LogP contribution >= 0.6 is 11.8 Å². The zero-order chi connectivity index (χ0) is 15.5. The van der Waals surface area contributed by atoms with Gasteiger partial charge in [-0.1, -0.05) is 42.1 Å². The first-order chi connectivity index (χ1) is 10.7. The van der Waals surface area contributed by atoms with Crippen LogP contribution in [0.5, 0.6) is 6.01 Å². The van der Waals surface area contributed by atoms with Gasteiger partial charge in [-0.2, -0.15) is 4.98 Å². The zero-order valence-electron chi connectivity index (χ0n) is 11.9. The Bertz CT molecular complexity index is 791. The first-order valence-corrected chi connectivity index (χ1v) is 7.56. The Morgan fingerprint density at radius 2 is 2.00 bits per heavy atom.